The maximum atomic E-state index is 5.78. The zero-order valence-electron chi connectivity index (χ0n) is 17.9. The molecule has 1 heterocycles. The van der Waals surface area contributed by atoms with Crippen molar-refractivity contribution in [3.8, 4) is 22.6 Å². The van der Waals surface area contributed by atoms with Gasteiger partial charge in [-0.05, 0) is 63.3 Å². The van der Waals surface area contributed by atoms with Crippen molar-refractivity contribution in [1.82, 2.24) is 0 Å². The summed E-state index contributed by atoms with van der Waals surface area (Å²) in [6.07, 6.45) is 5.11. The van der Waals surface area contributed by atoms with E-state index in [0.717, 1.165) is 17.1 Å². The van der Waals surface area contributed by atoms with Crippen LogP contribution in [0.5, 0.6) is 11.5 Å². The van der Waals surface area contributed by atoms with Crippen LogP contribution in [-0.2, 0) is 0 Å². The van der Waals surface area contributed by atoms with Crippen LogP contribution < -0.4 is 19.7 Å². The van der Waals surface area contributed by atoms with Gasteiger partial charge in [-0.15, -0.1) is 0 Å². The average molecular weight is 417 g/mol. The van der Waals surface area contributed by atoms with Gasteiger partial charge in [0.2, 0.25) is 0 Å². The summed E-state index contributed by atoms with van der Waals surface area (Å²) in [5, 5.41) is 1.67. The maximum absolute atomic E-state index is 5.78. The quantitative estimate of drug-likeness (QED) is 0.451. The standard InChI is InChI=1S/C26H28NO2P/c1-28-22-15-10-16-23(29-2)24(22)20-13-9-14-21-25(20)30(3)26(17-7-8-18-26)27(21)19-11-5-4-6-12-19/h4-6,9-16H,7-8,17-18H2,1-3H3. The summed E-state index contributed by atoms with van der Waals surface area (Å²) in [5.41, 5.74) is 4.97. The van der Waals surface area contributed by atoms with E-state index in [4.69, 9.17) is 9.47 Å². The molecule has 3 nitrogen and oxygen atoms in total. The number of anilines is 2. The Labute approximate surface area is 180 Å². The molecule has 0 radical (unpaired) electrons. The van der Waals surface area contributed by atoms with E-state index in [1.165, 1.54) is 47.9 Å². The molecule has 0 bridgehead atoms. The minimum absolute atomic E-state index is 0.199. The van der Waals surface area contributed by atoms with Crippen molar-refractivity contribution in [3.05, 3.63) is 66.7 Å². The zero-order chi connectivity index (χ0) is 20.7. The van der Waals surface area contributed by atoms with E-state index in [-0.39, 0.29) is 5.28 Å². The molecule has 5 rings (SSSR count). The molecule has 1 unspecified atom stereocenters. The van der Waals surface area contributed by atoms with Gasteiger partial charge >= 0.3 is 0 Å². The van der Waals surface area contributed by atoms with Crippen LogP contribution in [0.25, 0.3) is 11.1 Å². The second-order valence-corrected chi connectivity index (χ2v) is 10.5. The summed E-state index contributed by atoms with van der Waals surface area (Å²) < 4.78 is 11.6. The van der Waals surface area contributed by atoms with Gasteiger partial charge in [0.15, 0.2) is 0 Å². The first kappa shape index (κ1) is 19.5. The summed E-state index contributed by atoms with van der Waals surface area (Å²) in [6.45, 7) is 2.48. The predicted molar refractivity (Wildman–Crippen MR) is 127 cm³/mol. The fourth-order valence-electron chi connectivity index (χ4n) is 5.42. The molecule has 0 N–H and O–H groups in total. The third kappa shape index (κ3) is 2.76. The summed E-state index contributed by atoms with van der Waals surface area (Å²) in [6, 6.07) is 23.7. The number of para-hydroxylation sites is 1. The Morgan fingerprint density at radius 1 is 0.800 bits per heavy atom. The van der Waals surface area contributed by atoms with E-state index < -0.39 is 7.92 Å². The van der Waals surface area contributed by atoms with Crippen LogP contribution in [0.1, 0.15) is 25.7 Å². The second-order valence-electron chi connectivity index (χ2n) is 8.13. The number of methoxy groups -OCH3 is 2. The van der Waals surface area contributed by atoms with Gasteiger partial charge in [-0.1, -0.05) is 49.2 Å². The van der Waals surface area contributed by atoms with Crippen molar-refractivity contribution in [3.63, 3.8) is 0 Å². The molecule has 2 aliphatic rings. The van der Waals surface area contributed by atoms with Crippen LogP contribution in [-0.4, -0.2) is 26.2 Å². The molecule has 154 valence electrons. The molecule has 0 amide bonds. The van der Waals surface area contributed by atoms with E-state index in [2.05, 4.69) is 60.1 Å². The van der Waals surface area contributed by atoms with Crippen molar-refractivity contribution >= 4 is 24.6 Å². The zero-order valence-corrected chi connectivity index (χ0v) is 18.8. The minimum Gasteiger partial charge on any atom is -0.496 e. The molecule has 1 fully saturated rings. The van der Waals surface area contributed by atoms with Gasteiger partial charge < -0.3 is 14.4 Å². The molecule has 1 aliphatic heterocycles. The van der Waals surface area contributed by atoms with Crippen molar-refractivity contribution in [2.45, 2.75) is 31.0 Å². The maximum Gasteiger partial charge on any atom is 0.130 e. The van der Waals surface area contributed by atoms with Gasteiger partial charge in [-0.3, -0.25) is 0 Å². The van der Waals surface area contributed by atoms with E-state index >= 15 is 0 Å². The number of hydrogen-bond acceptors (Lipinski definition) is 3. The number of nitrogens with zero attached hydrogens (tertiary/aromatic N) is 1. The molecule has 1 aliphatic carbocycles. The van der Waals surface area contributed by atoms with Crippen molar-refractivity contribution < 1.29 is 9.47 Å². The number of ether oxygens (including phenoxy) is 2. The van der Waals surface area contributed by atoms with Gasteiger partial charge in [-0.2, -0.15) is 0 Å². The highest BCUT2D eigenvalue weighted by atomic mass is 31.1. The van der Waals surface area contributed by atoms with E-state index in [9.17, 15) is 0 Å². The van der Waals surface area contributed by atoms with Gasteiger partial charge in [0.1, 0.15) is 11.5 Å². The molecule has 4 heteroatoms. The van der Waals surface area contributed by atoms with Gasteiger partial charge in [0.05, 0.1) is 30.8 Å². The predicted octanol–water partition coefficient (Wildman–Crippen LogP) is 6.53. The SMILES string of the molecule is COc1cccc(OC)c1-c1cccc2c1P(C)C1(CCCC1)N2c1ccccc1. The highest BCUT2D eigenvalue weighted by Gasteiger charge is 2.52. The normalized spacial score (nSPS) is 19.2. The fraction of sp³-hybridized carbons (Fsp3) is 0.308. The molecular formula is C26H28NO2P. The summed E-state index contributed by atoms with van der Waals surface area (Å²) in [5.74, 6) is 1.73. The average Bonchev–Trinajstić information content (AvgIpc) is 3.38. The highest BCUT2D eigenvalue weighted by Crippen LogP contribution is 2.66. The Morgan fingerprint density at radius 3 is 2.07 bits per heavy atom. The summed E-state index contributed by atoms with van der Waals surface area (Å²) >= 11 is 0. The van der Waals surface area contributed by atoms with Crippen LogP contribution in [0.4, 0.5) is 11.4 Å². The van der Waals surface area contributed by atoms with Crippen LogP contribution in [0.15, 0.2) is 66.7 Å². The largest absolute Gasteiger partial charge is 0.496 e. The molecule has 30 heavy (non-hydrogen) atoms. The smallest absolute Gasteiger partial charge is 0.130 e. The second kappa shape index (κ2) is 7.63. The van der Waals surface area contributed by atoms with Crippen LogP contribution in [0, 0.1) is 0 Å². The van der Waals surface area contributed by atoms with E-state index in [1.807, 2.05) is 18.2 Å². The number of hydrogen-bond donors (Lipinski definition) is 0. The Hall–Kier alpha value is -2.51. The van der Waals surface area contributed by atoms with Gasteiger partial charge in [0, 0.05) is 11.0 Å². The van der Waals surface area contributed by atoms with Crippen LogP contribution in [0.3, 0.4) is 0 Å². The first-order valence-electron chi connectivity index (χ1n) is 10.6. The van der Waals surface area contributed by atoms with Crippen molar-refractivity contribution in [2.24, 2.45) is 0 Å². The van der Waals surface area contributed by atoms with Crippen molar-refractivity contribution in [2.75, 3.05) is 25.8 Å². The van der Waals surface area contributed by atoms with Crippen LogP contribution >= 0.6 is 7.92 Å². The molecular weight excluding hydrogens is 389 g/mol. The Morgan fingerprint density at radius 2 is 1.43 bits per heavy atom. The van der Waals surface area contributed by atoms with Gasteiger partial charge in [0.25, 0.3) is 0 Å². The molecule has 0 aromatic heterocycles. The number of fused-ring (bicyclic) bond motifs is 1. The molecule has 1 atom stereocenters. The van der Waals surface area contributed by atoms with E-state index in [1.54, 1.807) is 14.2 Å². The lowest BCUT2D eigenvalue weighted by atomic mass is 10.0. The topological polar surface area (TPSA) is 21.7 Å². The summed E-state index contributed by atoms with van der Waals surface area (Å²) in [4.78, 5) is 2.66. The Kier molecular flexibility index (Phi) is 4.95. The highest BCUT2D eigenvalue weighted by molar-refractivity contribution is 7.68. The third-order valence-electron chi connectivity index (χ3n) is 6.75. The lowest BCUT2D eigenvalue weighted by Crippen LogP contribution is -2.38. The molecule has 1 saturated carbocycles. The summed E-state index contributed by atoms with van der Waals surface area (Å²) in [7, 11) is 3.09. The monoisotopic (exact) mass is 417 g/mol. The number of benzene rings is 3. The lowest BCUT2D eigenvalue weighted by Gasteiger charge is -2.40. The Bertz CT molecular complexity index is 1040. The number of rotatable bonds is 4. The molecule has 1 spiro atoms. The first-order chi connectivity index (χ1) is 14.7. The molecule has 0 saturated heterocycles. The third-order valence-corrected chi connectivity index (χ3v) is 9.78. The lowest BCUT2D eigenvalue weighted by molar-refractivity contribution is 0.397. The van der Waals surface area contributed by atoms with Crippen LogP contribution in [0.2, 0.25) is 0 Å². The molecule has 3 aromatic rings. The molecule has 3 aromatic carbocycles. The Balaban J connectivity index is 1.78. The van der Waals surface area contributed by atoms with Crippen molar-refractivity contribution in [1.29, 1.82) is 0 Å². The first-order valence-corrected chi connectivity index (χ1v) is 12.4. The fourth-order valence-corrected chi connectivity index (χ4v) is 8.41. The van der Waals surface area contributed by atoms with Gasteiger partial charge in [-0.25, -0.2) is 0 Å². The van der Waals surface area contributed by atoms with E-state index in [0.29, 0.717) is 0 Å². The minimum atomic E-state index is -0.394.